The number of likely N-dealkylation sites (tertiary alicyclic amines) is 1. The smallest absolute Gasteiger partial charge is 0.292 e. The van der Waals surface area contributed by atoms with Gasteiger partial charge in [-0.3, -0.25) is 9.59 Å². The lowest BCUT2D eigenvalue weighted by molar-refractivity contribution is 0.0658. The number of nitrogens with one attached hydrogen (secondary N) is 1. The first-order valence-corrected chi connectivity index (χ1v) is 8.44. The van der Waals surface area contributed by atoms with Gasteiger partial charge in [0.25, 0.3) is 11.8 Å². The minimum atomic E-state index is -0.135. The van der Waals surface area contributed by atoms with E-state index in [1.54, 1.807) is 17.9 Å². The van der Waals surface area contributed by atoms with Crippen molar-refractivity contribution in [3.63, 3.8) is 0 Å². The highest BCUT2D eigenvalue weighted by molar-refractivity contribution is 7.13. The number of hydrogen-bond donors (Lipinski definition) is 1. The molecule has 0 spiro atoms. The standard InChI is InChI=1S/C16H19N3O3S/c1-10-9-13(22-18-10)16(21)19-7-5-12(6-8-19)17-15(20)14-4-3-11(2)23-14/h3-4,9,12H,5-8H2,1-2H3,(H,17,20). The van der Waals surface area contributed by atoms with E-state index in [2.05, 4.69) is 10.5 Å². The number of aromatic nitrogens is 1. The maximum atomic E-state index is 12.3. The molecule has 0 atom stereocenters. The Balaban J connectivity index is 1.52. The van der Waals surface area contributed by atoms with Crippen LogP contribution in [0.15, 0.2) is 22.7 Å². The van der Waals surface area contributed by atoms with Crippen molar-refractivity contribution in [2.45, 2.75) is 32.7 Å². The Bertz CT molecular complexity index is 714. The van der Waals surface area contributed by atoms with Crippen molar-refractivity contribution in [1.29, 1.82) is 0 Å². The van der Waals surface area contributed by atoms with Crippen LogP contribution in [-0.2, 0) is 0 Å². The minimum Gasteiger partial charge on any atom is -0.351 e. The Labute approximate surface area is 138 Å². The quantitative estimate of drug-likeness (QED) is 0.936. The van der Waals surface area contributed by atoms with E-state index in [4.69, 9.17) is 4.52 Å². The summed E-state index contributed by atoms with van der Waals surface area (Å²) >= 11 is 1.49. The molecule has 2 aromatic rings. The van der Waals surface area contributed by atoms with Gasteiger partial charge < -0.3 is 14.7 Å². The van der Waals surface area contributed by atoms with Gasteiger partial charge in [-0.05, 0) is 38.8 Å². The highest BCUT2D eigenvalue weighted by Gasteiger charge is 2.27. The summed E-state index contributed by atoms with van der Waals surface area (Å²) < 4.78 is 5.02. The fourth-order valence-corrected chi connectivity index (χ4v) is 3.43. The van der Waals surface area contributed by atoms with Crippen molar-refractivity contribution in [1.82, 2.24) is 15.4 Å². The molecule has 7 heteroatoms. The highest BCUT2D eigenvalue weighted by Crippen LogP contribution is 2.18. The van der Waals surface area contributed by atoms with E-state index in [1.807, 2.05) is 19.1 Å². The van der Waals surface area contributed by atoms with Crippen molar-refractivity contribution in [2.24, 2.45) is 0 Å². The molecule has 0 saturated carbocycles. The van der Waals surface area contributed by atoms with Crippen molar-refractivity contribution in [2.75, 3.05) is 13.1 Å². The lowest BCUT2D eigenvalue weighted by Gasteiger charge is -2.31. The molecule has 0 aliphatic carbocycles. The Kier molecular flexibility index (Phi) is 4.47. The van der Waals surface area contributed by atoms with Gasteiger partial charge in [0.15, 0.2) is 0 Å². The van der Waals surface area contributed by atoms with E-state index in [0.29, 0.717) is 18.8 Å². The van der Waals surface area contributed by atoms with E-state index < -0.39 is 0 Å². The molecule has 0 unspecified atom stereocenters. The van der Waals surface area contributed by atoms with Crippen LogP contribution in [0, 0.1) is 13.8 Å². The third-order valence-electron chi connectivity index (χ3n) is 3.92. The molecule has 3 heterocycles. The summed E-state index contributed by atoms with van der Waals surface area (Å²) in [7, 11) is 0. The second-order valence-electron chi connectivity index (χ2n) is 5.78. The molecular formula is C16H19N3O3S. The average Bonchev–Trinajstić information content (AvgIpc) is 3.16. The molecule has 1 fully saturated rings. The molecule has 2 aromatic heterocycles. The summed E-state index contributed by atoms with van der Waals surface area (Å²) in [6.45, 7) is 4.98. The van der Waals surface area contributed by atoms with Crippen molar-refractivity contribution in [3.8, 4) is 0 Å². The molecule has 3 rings (SSSR count). The SMILES string of the molecule is Cc1cc(C(=O)N2CCC(NC(=O)c3ccc(C)s3)CC2)on1. The van der Waals surface area contributed by atoms with E-state index in [0.717, 1.165) is 22.6 Å². The summed E-state index contributed by atoms with van der Waals surface area (Å²) in [5.41, 5.74) is 0.696. The van der Waals surface area contributed by atoms with Gasteiger partial charge in [0.05, 0.1) is 10.6 Å². The predicted molar refractivity (Wildman–Crippen MR) is 86.7 cm³/mol. The lowest BCUT2D eigenvalue weighted by atomic mass is 10.0. The molecule has 0 aromatic carbocycles. The van der Waals surface area contributed by atoms with Crippen LogP contribution >= 0.6 is 11.3 Å². The predicted octanol–water partition coefficient (Wildman–Crippen LogP) is 2.39. The van der Waals surface area contributed by atoms with Crippen molar-refractivity contribution in [3.05, 3.63) is 39.4 Å². The zero-order valence-corrected chi connectivity index (χ0v) is 14.0. The van der Waals surface area contributed by atoms with E-state index in [9.17, 15) is 9.59 Å². The zero-order chi connectivity index (χ0) is 16.4. The van der Waals surface area contributed by atoms with Gasteiger partial charge in [-0.25, -0.2) is 0 Å². The normalized spacial score (nSPS) is 15.7. The number of rotatable bonds is 3. The van der Waals surface area contributed by atoms with Crippen LogP contribution in [0.25, 0.3) is 0 Å². The number of nitrogens with zero attached hydrogens (tertiary/aromatic N) is 2. The molecule has 122 valence electrons. The number of thiophene rings is 1. The van der Waals surface area contributed by atoms with Gasteiger partial charge in [-0.15, -0.1) is 11.3 Å². The Morgan fingerprint density at radius 3 is 2.61 bits per heavy atom. The third kappa shape index (κ3) is 3.61. The number of carbonyl (C=O) groups excluding carboxylic acids is 2. The van der Waals surface area contributed by atoms with Gasteiger partial charge in [0, 0.05) is 30.1 Å². The first-order valence-electron chi connectivity index (χ1n) is 7.63. The van der Waals surface area contributed by atoms with Gasteiger partial charge in [0.2, 0.25) is 5.76 Å². The Hall–Kier alpha value is -2.15. The summed E-state index contributed by atoms with van der Waals surface area (Å²) in [4.78, 5) is 28.0. The summed E-state index contributed by atoms with van der Waals surface area (Å²) in [5.74, 6) is 0.113. The monoisotopic (exact) mass is 333 g/mol. The molecule has 1 aliphatic rings. The maximum absolute atomic E-state index is 12.3. The number of carbonyl (C=O) groups is 2. The minimum absolute atomic E-state index is 0.0289. The maximum Gasteiger partial charge on any atom is 0.292 e. The van der Waals surface area contributed by atoms with Crippen LogP contribution < -0.4 is 5.32 Å². The second kappa shape index (κ2) is 6.54. The molecular weight excluding hydrogens is 314 g/mol. The number of aryl methyl sites for hydroxylation is 2. The molecule has 1 aliphatic heterocycles. The molecule has 0 bridgehead atoms. The first-order chi connectivity index (χ1) is 11.0. The van der Waals surface area contributed by atoms with Crippen LogP contribution in [0.2, 0.25) is 0 Å². The van der Waals surface area contributed by atoms with Gasteiger partial charge >= 0.3 is 0 Å². The molecule has 1 N–H and O–H groups in total. The van der Waals surface area contributed by atoms with E-state index in [-0.39, 0.29) is 23.6 Å². The topological polar surface area (TPSA) is 75.4 Å². The van der Waals surface area contributed by atoms with Crippen molar-refractivity contribution < 1.29 is 14.1 Å². The van der Waals surface area contributed by atoms with Gasteiger partial charge in [0.1, 0.15) is 0 Å². The van der Waals surface area contributed by atoms with Crippen LogP contribution in [0.1, 0.15) is 43.6 Å². The number of piperidine rings is 1. The number of hydrogen-bond acceptors (Lipinski definition) is 5. The Morgan fingerprint density at radius 2 is 2.04 bits per heavy atom. The Morgan fingerprint density at radius 1 is 1.30 bits per heavy atom. The summed E-state index contributed by atoms with van der Waals surface area (Å²) in [5, 5.41) is 6.79. The van der Waals surface area contributed by atoms with E-state index in [1.165, 1.54) is 11.3 Å². The highest BCUT2D eigenvalue weighted by atomic mass is 32.1. The third-order valence-corrected chi connectivity index (χ3v) is 4.92. The van der Waals surface area contributed by atoms with Crippen molar-refractivity contribution >= 4 is 23.2 Å². The first kappa shape index (κ1) is 15.7. The fourth-order valence-electron chi connectivity index (χ4n) is 2.66. The van der Waals surface area contributed by atoms with Crippen LogP contribution in [0.4, 0.5) is 0 Å². The van der Waals surface area contributed by atoms with Crippen LogP contribution in [0.3, 0.4) is 0 Å². The largest absolute Gasteiger partial charge is 0.351 e. The van der Waals surface area contributed by atoms with Gasteiger partial charge in [-0.2, -0.15) is 0 Å². The van der Waals surface area contributed by atoms with Gasteiger partial charge in [-0.1, -0.05) is 5.16 Å². The van der Waals surface area contributed by atoms with E-state index >= 15 is 0 Å². The lowest BCUT2D eigenvalue weighted by Crippen LogP contribution is -2.46. The second-order valence-corrected chi connectivity index (χ2v) is 7.07. The summed E-state index contributed by atoms with van der Waals surface area (Å²) in [6.07, 6.45) is 1.49. The van der Waals surface area contributed by atoms with Crippen LogP contribution in [-0.4, -0.2) is 41.0 Å². The molecule has 23 heavy (non-hydrogen) atoms. The molecule has 0 radical (unpaired) electrons. The molecule has 2 amide bonds. The van der Waals surface area contributed by atoms with Crippen LogP contribution in [0.5, 0.6) is 0 Å². The average molecular weight is 333 g/mol. The summed E-state index contributed by atoms with van der Waals surface area (Å²) in [6, 6.07) is 5.54. The number of amides is 2. The fraction of sp³-hybridized carbons (Fsp3) is 0.438. The molecule has 1 saturated heterocycles. The molecule has 6 nitrogen and oxygen atoms in total. The zero-order valence-electron chi connectivity index (χ0n) is 13.2.